The number of halogens is 1. The molecule has 0 radical (unpaired) electrons. The largest absolute Gasteiger partial charge is 0.480 e. The zero-order valence-electron chi connectivity index (χ0n) is 14.0. The fourth-order valence-corrected chi connectivity index (χ4v) is 3.05. The first-order valence-corrected chi connectivity index (χ1v) is 8.60. The maximum atomic E-state index is 10.9. The molecule has 0 atom stereocenters. The van der Waals surface area contributed by atoms with E-state index in [1.807, 2.05) is 22.6 Å². The van der Waals surface area contributed by atoms with E-state index in [2.05, 4.69) is 4.98 Å². The molecule has 11 nitrogen and oxygen atoms in total. The van der Waals surface area contributed by atoms with E-state index in [4.69, 9.17) is 20.4 Å². The Labute approximate surface area is 167 Å². The van der Waals surface area contributed by atoms with Crippen molar-refractivity contribution in [1.82, 2.24) is 14.8 Å². The van der Waals surface area contributed by atoms with Crippen molar-refractivity contribution in [2.45, 2.75) is 13.1 Å². The number of nitrogens with zero attached hydrogens (tertiary/aromatic N) is 3. The van der Waals surface area contributed by atoms with Crippen LogP contribution < -0.4 is 0 Å². The Morgan fingerprint density at radius 3 is 1.30 bits per heavy atom. The first-order valence-electron chi connectivity index (χ1n) is 7.52. The number of carboxylic acids is 4. The van der Waals surface area contributed by atoms with E-state index in [1.165, 1.54) is 9.80 Å². The van der Waals surface area contributed by atoms with Crippen molar-refractivity contribution in [3.63, 3.8) is 0 Å². The first kappa shape index (κ1) is 22.7. The Bertz CT molecular complexity index is 639. The highest BCUT2D eigenvalue weighted by Crippen LogP contribution is 2.13. The lowest BCUT2D eigenvalue weighted by Gasteiger charge is -2.20. The van der Waals surface area contributed by atoms with Crippen molar-refractivity contribution in [2.24, 2.45) is 0 Å². The molecule has 0 saturated heterocycles. The number of pyridine rings is 1. The zero-order chi connectivity index (χ0) is 20.6. The molecule has 0 unspecified atom stereocenters. The van der Waals surface area contributed by atoms with Crippen LogP contribution in [0.1, 0.15) is 11.4 Å². The lowest BCUT2D eigenvalue weighted by Crippen LogP contribution is -2.35. The summed E-state index contributed by atoms with van der Waals surface area (Å²) < 4.78 is 0.712. The first-order chi connectivity index (χ1) is 12.5. The van der Waals surface area contributed by atoms with Gasteiger partial charge in [0.1, 0.15) is 0 Å². The van der Waals surface area contributed by atoms with Crippen LogP contribution in [0.3, 0.4) is 0 Å². The summed E-state index contributed by atoms with van der Waals surface area (Å²) in [6.45, 7) is -2.03. The second kappa shape index (κ2) is 10.7. The summed E-state index contributed by atoms with van der Waals surface area (Å²) in [5, 5.41) is 35.6. The summed E-state index contributed by atoms with van der Waals surface area (Å²) in [5.41, 5.74) is 0.787. The van der Waals surface area contributed by atoms with Crippen LogP contribution in [0, 0.1) is 3.57 Å². The number of carboxylic acid groups (broad SMARTS) is 4. The van der Waals surface area contributed by atoms with E-state index >= 15 is 0 Å². The molecule has 12 heteroatoms. The summed E-state index contributed by atoms with van der Waals surface area (Å²) in [7, 11) is 0. The Hall–Kier alpha value is -2.32. The standard InChI is InChI=1S/C15H18IN3O8/c16-9-1-10(3-18(5-12(20)21)6-13(22)23)17-11(2-9)4-19(7-14(24)25)8-15(26)27/h1-2H,3-8H2,(H,20,21)(H,22,23)(H,24,25)(H,26,27). The van der Waals surface area contributed by atoms with Crippen LogP contribution in [0.5, 0.6) is 0 Å². The van der Waals surface area contributed by atoms with Gasteiger partial charge in [-0.2, -0.15) is 0 Å². The summed E-state index contributed by atoms with van der Waals surface area (Å²) >= 11 is 1.98. The number of rotatable bonds is 12. The van der Waals surface area contributed by atoms with Gasteiger partial charge in [-0.15, -0.1) is 0 Å². The Morgan fingerprint density at radius 1 is 0.741 bits per heavy atom. The van der Waals surface area contributed by atoms with Gasteiger partial charge in [-0.3, -0.25) is 34.0 Å². The molecule has 0 fully saturated rings. The second-order valence-corrected chi connectivity index (χ2v) is 6.88. The second-order valence-electron chi connectivity index (χ2n) is 5.63. The highest BCUT2D eigenvalue weighted by Gasteiger charge is 2.18. The summed E-state index contributed by atoms with van der Waals surface area (Å²) in [6, 6.07) is 3.28. The lowest BCUT2D eigenvalue weighted by atomic mass is 10.2. The predicted molar refractivity (Wildman–Crippen MR) is 98.1 cm³/mol. The molecular formula is C15H18IN3O8. The van der Waals surface area contributed by atoms with Crippen molar-refractivity contribution in [3.05, 3.63) is 27.1 Å². The average molecular weight is 495 g/mol. The number of hydrogen-bond donors (Lipinski definition) is 4. The minimum absolute atomic E-state index is 0.0414. The summed E-state index contributed by atoms with van der Waals surface area (Å²) in [5.74, 6) is -4.74. The molecular weight excluding hydrogens is 477 g/mol. The van der Waals surface area contributed by atoms with Gasteiger partial charge < -0.3 is 20.4 Å². The van der Waals surface area contributed by atoms with E-state index in [1.54, 1.807) is 12.1 Å². The normalized spacial score (nSPS) is 10.9. The molecule has 148 valence electrons. The van der Waals surface area contributed by atoms with Gasteiger partial charge in [-0.05, 0) is 34.7 Å². The van der Waals surface area contributed by atoms with Crippen LogP contribution in [-0.4, -0.2) is 85.3 Å². The molecule has 0 aliphatic heterocycles. The quantitative estimate of drug-likeness (QED) is 0.279. The SMILES string of the molecule is O=C(O)CN(CC(=O)O)Cc1cc(I)cc(CN(CC(=O)O)CC(=O)O)n1. The number of aromatic nitrogens is 1. The maximum absolute atomic E-state index is 10.9. The minimum Gasteiger partial charge on any atom is -0.480 e. The van der Waals surface area contributed by atoms with Gasteiger partial charge in [0.15, 0.2) is 0 Å². The molecule has 27 heavy (non-hydrogen) atoms. The highest BCUT2D eigenvalue weighted by molar-refractivity contribution is 14.1. The van der Waals surface area contributed by atoms with E-state index < -0.39 is 50.1 Å². The molecule has 0 spiro atoms. The minimum atomic E-state index is -1.18. The van der Waals surface area contributed by atoms with Crippen LogP contribution in [0.25, 0.3) is 0 Å². The smallest absolute Gasteiger partial charge is 0.317 e. The molecule has 4 N–H and O–H groups in total. The molecule has 1 heterocycles. The maximum Gasteiger partial charge on any atom is 0.317 e. The van der Waals surface area contributed by atoms with Gasteiger partial charge in [-0.25, -0.2) is 0 Å². The predicted octanol–water partition coefficient (Wildman–Crippen LogP) is -0.371. The van der Waals surface area contributed by atoms with Gasteiger partial charge in [0.2, 0.25) is 0 Å². The van der Waals surface area contributed by atoms with E-state index in [9.17, 15) is 19.2 Å². The Morgan fingerprint density at radius 2 is 1.04 bits per heavy atom. The van der Waals surface area contributed by atoms with Crippen molar-refractivity contribution in [1.29, 1.82) is 0 Å². The van der Waals surface area contributed by atoms with Crippen molar-refractivity contribution in [2.75, 3.05) is 26.2 Å². The Balaban J connectivity index is 2.99. The monoisotopic (exact) mass is 495 g/mol. The average Bonchev–Trinajstić information content (AvgIpc) is 2.42. The van der Waals surface area contributed by atoms with Gasteiger partial charge in [0, 0.05) is 16.7 Å². The Kier molecular flexibility index (Phi) is 9.04. The van der Waals surface area contributed by atoms with Crippen molar-refractivity contribution < 1.29 is 39.6 Å². The zero-order valence-corrected chi connectivity index (χ0v) is 16.2. The molecule has 0 aliphatic carbocycles. The van der Waals surface area contributed by atoms with Crippen molar-refractivity contribution >= 4 is 46.5 Å². The van der Waals surface area contributed by atoms with Gasteiger partial charge in [-0.1, -0.05) is 0 Å². The number of hydrogen-bond acceptors (Lipinski definition) is 7. The topological polar surface area (TPSA) is 169 Å². The van der Waals surface area contributed by atoms with E-state index in [0.717, 1.165) is 0 Å². The third kappa shape index (κ3) is 9.81. The molecule has 1 aromatic heterocycles. The summed E-state index contributed by atoms with van der Waals surface area (Å²) in [4.78, 5) is 50.2. The highest BCUT2D eigenvalue weighted by atomic mass is 127. The molecule has 1 aromatic rings. The molecule has 0 amide bonds. The lowest BCUT2D eigenvalue weighted by molar-refractivity contribution is -0.144. The van der Waals surface area contributed by atoms with Gasteiger partial charge in [0.25, 0.3) is 0 Å². The fourth-order valence-electron chi connectivity index (χ4n) is 2.33. The van der Waals surface area contributed by atoms with E-state index in [0.29, 0.717) is 15.0 Å². The summed E-state index contributed by atoms with van der Waals surface area (Å²) in [6.07, 6.45) is 0. The van der Waals surface area contributed by atoms with Crippen LogP contribution in [0.15, 0.2) is 12.1 Å². The fraction of sp³-hybridized carbons (Fsp3) is 0.400. The van der Waals surface area contributed by atoms with Crippen LogP contribution in [-0.2, 0) is 32.3 Å². The molecule has 0 aliphatic rings. The van der Waals surface area contributed by atoms with Crippen molar-refractivity contribution in [3.8, 4) is 0 Å². The van der Waals surface area contributed by atoms with Gasteiger partial charge >= 0.3 is 23.9 Å². The molecule has 0 bridgehead atoms. The third-order valence-corrected chi connectivity index (χ3v) is 3.73. The number of carbonyl (C=O) groups is 4. The molecule has 0 saturated carbocycles. The third-order valence-electron chi connectivity index (χ3n) is 3.10. The molecule has 0 aromatic carbocycles. The van der Waals surface area contributed by atoms with E-state index in [-0.39, 0.29) is 13.1 Å². The van der Waals surface area contributed by atoms with Gasteiger partial charge in [0.05, 0.1) is 37.6 Å². The number of aliphatic carboxylic acids is 4. The molecule has 1 rings (SSSR count). The van der Waals surface area contributed by atoms with Crippen LogP contribution in [0.2, 0.25) is 0 Å². The van der Waals surface area contributed by atoms with Crippen LogP contribution >= 0.6 is 22.6 Å². The van der Waals surface area contributed by atoms with Crippen LogP contribution in [0.4, 0.5) is 0 Å².